The van der Waals surface area contributed by atoms with E-state index in [1.54, 1.807) is 12.4 Å². The Balaban J connectivity index is 1.45. The number of hydrogen-bond acceptors (Lipinski definition) is 5. The minimum atomic E-state index is -0.0689. The van der Waals surface area contributed by atoms with Gasteiger partial charge in [-0.15, -0.1) is 10.2 Å². The molecule has 6 nitrogen and oxygen atoms in total. The molecular weight excluding hydrogens is 442 g/mol. The van der Waals surface area contributed by atoms with Crippen LogP contribution in [0.4, 0.5) is 0 Å². The van der Waals surface area contributed by atoms with Crippen LogP contribution in [-0.4, -0.2) is 31.4 Å². The highest BCUT2D eigenvalue weighted by molar-refractivity contribution is 7.99. The summed E-state index contributed by atoms with van der Waals surface area (Å²) in [4.78, 5) is 16.8. The van der Waals surface area contributed by atoms with Gasteiger partial charge in [0.2, 0.25) is 5.91 Å². The van der Waals surface area contributed by atoms with Crippen molar-refractivity contribution in [2.24, 2.45) is 5.92 Å². The Morgan fingerprint density at radius 3 is 2.32 bits per heavy atom. The zero-order chi connectivity index (χ0) is 23.9. The average Bonchev–Trinajstić information content (AvgIpc) is 3.28. The minimum absolute atomic E-state index is 0.0446. The van der Waals surface area contributed by atoms with Crippen LogP contribution in [0.25, 0.3) is 17.1 Å². The number of thioether (sulfide) groups is 1. The number of para-hydroxylation sites is 1. The van der Waals surface area contributed by atoms with E-state index in [1.807, 2.05) is 54.0 Å². The normalized spacial score (nSPS) is 12.0. The molecule has 0 aliphatic rings. The summed E-state index contributed by atoms with van der Waals surface area (Å²) in [5.74, 6) is 1.54. The number of nitrogens with zero attached hydrogens (tertiary/aromatic N) is 4. The van der Waals surface area contributed by atoms with Crippen molar-refractivity contribution < 1.29 is 4.79 Å². The molecular formula is C27H29N5OS. The Labute approximate surface area is 204 Å². The number of amides is 1. The first-order valence-corrected chi connectivity index (χ1v) is 12.4. The Morgan fingerprint density at radius 2 is 1.65 bits per heavy atom. The smallest absolute Gasteiger partial charge is 0.230 e. The zero-order valence-electron chi connectivity index (χ0n) is 19.7. The largest absolute Gasteiger partial charge is 0.349 e. The van der Waals surface area contributed by atoms with E-state index in [0.29, 0.717) is 16.9 Å². The molecule has 0 radical (unpaired) electrons. The number of hydrogen-bond donors (Lipinski definition) is 1. The lowest BCUT2D eigenvalue weighted by Crippen LogP contribution is -2.28. The van der Waals surface area contributed by atoms with Gasteiger partial charge in [-0.3, -0.25) is 14.3 Å². The second-order valence-electron chi connectivity index (χ2n) is 8.63. The summed E-state index contributed by atoms with van der Waals surface area (Å²) < 4.78 is 1.98. The van der Waals surface area contributed by atoms with Crippen LogP contribution in [0.5, 0.6) is 0 Å². The van der Waals surface area contributed by atoms with Crippen LogP contribution >= 0.6 is 11.8 Å². The molecule has 0 bridgehead atoms. The van der Waals surface area contributed by atoms with Crippen LogP contribution in [0.2, 0.25) is 0 Å². The van der Waals surface area contributed by atoms with Crippen molar-refractivity contribution in [3.05, 3.63) is 90.3 Å². The molecule has 1 atom stereocenters. The fourth-order valence-electron chi connectivity index (χ4n) is 3.77. The van der Waals surface area contributed by atoms with Crippen molar-refractivity contribution in [1.82, 2.24) is 25.1 Å². The Hall–Kier alpha value is -3.45. The second-order valence-corrected chi connectivity index (χ2v) is 9.57. The first kappa shape index (κ1) is 23.7. The molecule has 1 N–H and O–H groups in total. The van der Waals surface area contributed by atoms with Crippen LogP contribution in [-0.2, 0) is 11.2 Å². The molecule has 7 heteroatoms. The molecule has 0 fully saturated rings. The van der Waals surface area contributed by atoms with Gasteiger partial charge in [-0.05, 0) is 54.7 Å². The molecule has 0 saturated carbocycles. The quantitative estimate of drug-likeness (QED) is 0.327. The number of carbonyl (C=O) groups excluding carboxylic acids is 1. The predicted octanol–water partition coefficient (Wildman–Crippen LogP) is 5.50. The molecule has 2 heterocycles. The SMILES string of the molecule is CC(C)Cc1ccc(C(C)NC(=O)CSc2nnc(-c3ccncc3)n2-c2ccccc2)cc1. The van der Waals surface area contributed by atoms with Crippen LogP contribution in [0.15, 0.2) is 84.3 Å². The number of rotatable bonds is 9. The lowest BCUT2D eigenvalue weighted by atomic mass is 10.00. The molecule has 4 aromatic rings. The van der Waals surface area contributed by atoms with Gasteiger partial charge in [0.1, 0.15) is 0 Å². The van der Waals surface area contributed by atoms with E-state index in [9.17, 15) is 4.79 Å². The summed E-state index contributed by atoms with van der Waals surface area (Å²) in [5.41, 5.74) is 4.27. The summed E-state index contributed by atoms with van der Waals surface area (Å²) in [7, 11) is 0. The number of benzene rings is 2. The fraction of sp³-hybridized carbons (Fsp3) is 0.259. The van der Waals surface area contributed by atoms with Crippen LogP contribution in [0, 0.1) is 5.92 Å². The molecule has 2 aromatic heterocycles. The highest BCUT2D eigenvalue weighted by atomic mass is 32.2. The predicted molar refractivity (Wildman–Crippen MR) is 137 cm³/mol. The molecule has 0 spiro atoms. The summed E-state index contributed by atoms with van der Waals surface area (Å²) in [6.07, 6.45) is 4.52. The lowest BCUT2D eigenvalue weighted by molar-refractivity contribution is -0.119. The fourth-order valence-corrected chi connectivity index (χ4v) is 4.53. The minimum Gasteiger partial charge on any atom is -0.349 e. The number of carbonyl (C=O) groups is 1. The molecule has 0 aliphatic heterocycles. The van der Waals surface area contributed by atoms with Crippen molar-refractivity contribution in [1.29, 1.82) is 0 Å². The van der Waals surface area contributed by atoms with E-state index in [-0.39, 0.29) is 17.7 Å². The van der Waals surface area contributed by atoms with Gasteiger partial charge >= 0.3 is 0 Å². The molecule has 34 heavy (non-hydrogen) atoms. The van der Waals surface area contributed by atoms with Gasteiger partial charge in [-0.25, -0.2) is 0 Å². The maximum absolute atomic E-state index is 12.7. The average molecular weight is 472 g/mol. The summed E-state index contributed by atoms with van der Waals surface area (Å²) in [6.45, 7) is 6.44. The first-order chi connectivity index (χ1) is 16.5. The van der Waals surface area contributed by atoms with E-state index in [1.165, 1.54) is 17.3 Å². The third kappa shape index (κ3) is 5.91. The van der Waals surface area contributed by atoms with Gasteiger partial charge in [0.05, 0.1) is 11.8 Å². The Bertz CT molecular complexity index is 1210. The Morgan fingerprint density at radius 1 is 0.941 bits per heavy atom. The number of nitrogens with one attached hydrogen (secondary N) is 1. The maximum atomic E-state index is 12.7. The summed E-state index contributed by atoms with van der Waals surface area (Å²) >= 11 is 1.37. The van der Waals surface area contributed by atoms with E-state index < -0.39 is 0 Å². The van der Waals surface area contributed by atoms with Crippen molar-refractivity contribution >= 4 is 17.7 Å². The van der Waals surface area contributed by atoms with Crippen molar-refractivity contribution in [3.63, 3.8) is 0 Å². The van der Waals surface area contributed by atoms with Gasteiger partial charge in [-0.1, -0.05) is 68.1 Å². The van der Waals surface area contributed by atoms with Crippen molar-refractivity contribution in [3.8, 4) is 17.1 Å². The molecule has 1 unspecified atom stereocenters. The Kier molecular flexibility index (Phi) is 7.75. The van der Waals surface area contributed by atoms with Gasteiger partial charge in [-0.2, -0.15) is 0 Å². The van der Waals surface area contributed by atoms with E-state index in [4.69, 9.17) is 0 Å². The standard InChI is InChI=1S/C27H29N5OS/c1-19(2)17-21-9-11-22(12-10-21)20(3)29-25(33)18-34-27-31-30-26(23-13-15-28-16-14-23)32(27)24-7-5-4-6-8-24/h4-16,19-20H,17-18H2,1-3H3,(H,29,33). The molecule has 4 rings (SSSR count). The van der Waals surface area contributed by atoms with Crippen LogP contribution < -0.4 is 5.32 Å². The second kappa shape index (κ2) is 11.1. The van der Waals surface area contributed by atoms with Gasteiger partial charge in [0.15, 0.2) is 11.0 Å². The molecule has 174 valence electrons. The first-order valence-electron chi connectivity index (χ1n) is 11.4. The summed E-state index contributed by atoms with van der Waals surface area (Å²) in [6, 6.07) is 22.2. The van der Waals surface area contributed by atoms with Crippen LogP contribution in [0.3, 0.4) is 0 Å². The molecule has 0 aliphatic carbocycles. The van der Waals surface area contributed by atoms with E-state index in [2.05, 4.69) is 58.6 Å². The maximum Gasteiger partial charge on any atom is 0.230 e. The van der Waals surface area contributed by atoms with Crippen LogP contribution in [0.1, 0.15) is 37.9 Å². The van der Waals surface area contributed by atoms with Crippen molar-refractivity contribution in [2.45, 2.75) is 38.4 Å². The van der Waals surface area contributed by atoms with Gasteiger partial charge < -0.3 is 5.32 Å². The lowest BCUT2D eigenvalue weighted by Gasteiger charge is -2.15. The monoisotopic (exact) mass is 471 g/mol. The molecule has 1 amide bonds. The highest BCUT2D eigenvalue weighted by Crippen LogP contribution is 2.27. The van der Waals surface area contributed by atoms with Gasteiger partial charge in [0, 0.05) is 23.6 Å². The van der Waals surface area contributed by atoms with Crippen molar-refractivity contribution in [2.75, 3.05) is 5.75 Å². The number of aromatic nitrogens is 4. The van der Waals surface area contributed by atoms with E-state index in [0.717, 1.165) is 23.2 Å². The third-order valence-corrected chi connectivity index (χ3v) is 6.35. The number of pyridine rings is 1. The molecule has 0 saturated heterocycles. The highest BCUT2D eigenvalue weighted by Gasteiger charge is 2.18. The zero-order valence-corrected chi connectivity index (χ0v) is 20.5. The summed E-state index contributed by atoms with van der Waals surface area (Å²) in [5, 5.41) is 12.6. The van der Waals surface area contributed by atoms with Gasteiger partial charge in [0.25, 0.3) is 0 Å². The topological polar surface area (TPSA) is 72.7 Å². The third-order valence-electron chi connectivity index (χ3n) is 5.42. The van der Waals surface area contributed by atoms with E-state index >= 15 is 0 Å². The molecule has 2 aromatic carbocycles.